The van der Waals surface area contributed by atoms with E-state index in [9.17, 15) is 28.8 Å². The van der Waals surface area contributed by atoms with E-state index in [0.717, 1.165) is 56.0 Å². The first-order chi connectivity index (χ1) is 25.1. The summed E-state index contributed by atoms with van der Waals surface area (Å²) in [5.41, 5.74) is 0.921. The lowest BCUT2D eigenvalue weighted by Crippen LogP contribution is -2.51. The fourth-order valence-corrected chi connectivity index (χ4v) is 6.78. The second kappa shape index (κ2) is 23.3. The van der Waals surface area contributed by atoms with E-state index in [0.29, 0.717) is 25.2 Å². The Bertz CT molecular complexity index is 1520. The molecule has 1 fully saturated rings. The summed E-state index contributed by atoms with van der Waals surface area (Å²) in [6.07, 6.45) is 4.53. The van der Waals surface area contributed by atoms with Gasteiger partial charge >= 0.3 is 31.4 Å². The highest BCUT2D eigenvalue weighted by Gasteiger charge is 2.30. The number of hydrogen-bond acceptors (Lipinski definition) is 10. The van der Waals surface area contributed by atoms with Crippen LogP contribution in [-0.2, 0) is 44.1 Å². The molecule has 3 rings (SSSR count). The Morgan fingerprint density at radius 3 is 2.17 bits per heavy atom. The van der Waals surface area contributed by atoms with Gasteiger partial charge in [-0.05, 0) is 73.6 Å². The maximum absolute atomic E-state index is 13.5. The zero-order chi connectivity index (χ0) is 37.9. The van der Waals surface area contributed by atoms with Crippen LogP contribution in [0.15, 0.2) is 42.5 Å². The van der Waals surface area contributed by atoms with E-state index in [1.54, 1.807) is 0 Å². The second-order valence-electron chi connectivity index (χ2n) is 12.7. The Kier molecular flexibility index (Phi) is 19.3. The summed E-state index contributed by atoms with van der Waals surface area (Å²) in [6, 6.07) is 10.1. The van der Waals surface area contributed by atoms with E-state index in [1.165, 1.54) is 6.82 Å². The number of nitrogens with one attached hydrogen (secondary N) is 5. The van der Waals surface area contributed by atoms with E-state index in [-0.39, 0.29) is 43.5 Å². The number of carbonyl (C=O) groups excluding carboxylic acids is 6. The Balaban J connectivity index is 1.57. The predicted octanol–water partition coefficient (Wildman–Crippen LogP) is 3.03. The van der Waals surface area contributed by atoms with Gasteiger partial charge in [-0.15, -0.1) is 0 Å². The van der Waals surface area contributed by atoms with Crippen molar-refractivity contribution in [3.05, 3.63) is 48.0 Å². The lowest BCUT2D eigenvalue weighted by Gasteiger charge is -2.29. The molecule has 0 spiro atoms. The van der Waals surface area contributed by atoms with Gasteiger partial charge in [0.05, 0.1) is 18.9 Å². The molecule has 14 nitrogen and oxygen atoms in total. The molecule has 1 aliphatic rings. The first-order valence-corrected chi connectivity index (χ1v) is 18.9. The minimum atomic E-state index is -1.18. The average Bonchev–Trinajstić information content (AvgIpc) is 3.15. The van der Waals surface area contributed by atoms with E-state index in [1.807, 2.05) is 61.4 Å². The van der Waals surface area contributed by atoms with Gasteiger partial charge in [0.2, 0.25) is 11.8 Å². The third-order valence-electron chi connectivity index (χ3n) is 9.03. The monoisotopic (exact) mass is 776 g/mol. The molecule has 6 unspecified atom stereocenters. The normalized spacial score (nSPS) is 17.1. The quantitative estimate of drug-likeness (QED) is 0.0760. The Labute approximate surface area is 312 Å². The molecule has 1 aliphatic carbocycles. The van der Waals surface area contributed by atoms with Gasteiger partial charge in [0.1, 0.15) is 18.1 Å². The van der Waals surface area contributed by atoms with Gasteiger partial charge in [-0.25, -0.2) is 9.59 Å². The summed E-state index contributed by atoms with van der Waals surface area (Å²) in [5, 5.41) is 16.1. The molecule has 0 heterocycles. The van der Waals surface area contributed by atoms with Crippen molar-refractivity contribution in [1.29, 1.82) is 0 Å². The van der Waals surface area contributed by atoms with Crippen molar-refractivity contribution in [2.45, 2.75) is 89.2 Å². The van der Waals surface area contributed by atoms with Gasteiger partial charge in [-0.3, -0.25) is 19.2 Å². The zero-order valence-corrected chi connectivity index (χ0v) is 32.9. The van der Waals surface area contributed by atoms with Crippen LogP contribution in [0.1, 0.15) is 63.4 Å². The predicted molar refractivity (Wildman–Crippen MR) is 207 cm³/mol. The standard InChI is InChI=1S/C34H50BN5O9P3/c1-35-47-32(44)27(15-16-29(41)48-51)40-34(46)39-26(33(45)49-52)8-4-5-17-36-31(43)28(19-22-11-12-23-6-2-3-7-25(23)18-22)38-30(42)24-13-9-21(10-14-24)20-37-50/h2-3,6-7,11-12,18,21,24,26-28,37H,4-5,8-10,13-17,19-20,50-52H2,1H3,(H,36,43)(H,38,42)(H2,39,40,46). The molecule has 0 aliphatic heterocycles. The molecule has 1 radical (unpaired) electrons. The van der Waals surface area contributed by atoms with Gasteiger partial charge in [0.15, 0.2) is 0 Å². The third-order valence-corrected chi connectivity index (χ3v) is 9.76. The van der Waals surface area contributed by atoms with Crippen molar-refractivity contribution < 1.29 is 42.5 Å². The molecule has 4 amide bonds. The van der Waals surface area contributed by atoms with Crippen molar-refractivity contribution in [2.75, 3.05) is 13.1 Å². The average molecular weight is 777 g/mol. The first kappa shape index (κ1) is 43.0. The van der Waals surface area contributed by atoms with Crippen LogP contribution in [0.5, 0.6) is 0 Å². The van der Waals surface area contributed by atoms with Crippen LogP contribution >= 0.6 is 28.3 Å². The highest BCUT2D eigenvalue weighted by atomic mass is 31.0. The summed E-state index contributed by atoms with van der Waals surface area (Å²) in [7, 11) is 7.33. The molecule has 5 N–H and O–H groups in total. The van der Waals surface area contributed by atoms with Crippen LogP contribution in [0.3, 0.4) is 0 Å². The summed E-state index contributed by atoms with van der Waals surface area (Å²) in [5.74, 6) is -2.18. The maximum Gasteiger partial charge on any atom is 0.370 e. The Morgan fingerprint density at radius 2 is 1.52 bits per heavy atom. The van der Waals surface area contributed by atoms with Gasteiger partial charge in [-0.1, -0.05) is 58.7 Å². The first-order valence-electron chi connectivity index (χ1n) is 17.4. The van der Waals surface area contributed by atoms with E-state index in [4.69, 9.17) is 9.18 Å². The molecule has 0 aromatic heterocycles. The minimum absolute atomic E-state index is 0.0921. The molecule has 2 aromatic carbocycles. The lowest BCUT2D eigenvalue weighted by molar-refractivity contribution is -0.137. The molecule has 0 bridgehead atoms. The second-order valence-corrected chi connectivity index (χ2v) is 13.6. The number of carbonyl (C=O) groups is 6. The smallest absolute Gasteiger partial charge is 0.370 e. The molecule has 283 valence electrons. The zero-order valence-electron chi connectivity index (χ0n) is 29.4. The van der Waals surface area contributed by atoms with Crippen LogP contribution in [0, 0.1) is 11.8 Å². The summed E-state index contributed by atoms with van der Waals surface area (Å²) >= 11 is 0. The van der Waals surface area contributed by atoms with E-state index in [2.05, 4.69) is 40.3 Å². The van der Waals surface area contributed by atoms with E-state index >= 15 is 0 Å². The van der Waals surface area contributed by atoms with Crippen molar-refractivity contribution in [1.82, 2.24) is 26.4 Å². The number of rotatable bonds is 20. The lowest BCUT2D eigenvalue weighted by atomic mass is 9.81. The van der Waals surface area contributed by atoms with Gasteiger partial charge in [0, 0.05) is 31.8 Å². The third kappa shape index (κ3) is 14.6. The molecular weight excluding hydrogens is 726 g/mol. The number of amides is 4. The molecular formula is C34H50BN5O9P3. The number of benzene rings is 2. The topological polar surface area (TPSA) is 190 Å². The van der Waals surface area contributed by atoms with Crippen molar-refractivity contribution in [2.24, 2.45) is 11.8 Å². The van der Waals surface area contributed by atoms with Crippen LogP contribution in [0.4, 0.5) is 4.79 Å². The van der Waals surface area contributed by atoms with Crippen LogP contribution in [-0.4, -0.2) is 74.5 Å². The highest BCUT2D eigenvalue weighted by molar-refractivity contribution is 7.13. The number of fused-ring (bicyclic) bond motifs is 1. The molecule has 18 heteroatoms. The van der Waals surface area contributed by atoms with Crippen molar-refractivity contribution in [3.63, 3.8) is 0 Å². The van der Waals surface area contributed by atoms with Gasteiger partial charge < -0.3 is 40.1 Å². The van der Waals surface area contributed by atoms with Crippen molar-refractivity contribution in [3.8, 4) is 0 Å². The van der Waals surface area contributed by atoms with Gasteiger partial charge in [0.25, 0.3) is 0 Å². The van der Waals surface area contributed by atoms with Crippen LogP contribution in [0.2, 0.25) is 6.82 Å². The fourth-order valence-electron chi connectivity index (χ4n) is 6.16. The highest BCUT2D eigenvalue weighted by Crippen LogP contribution is 2.29. The number of urea groups is 1. The van der Waals surface area contributed by atoms with Gasteiger partial charge in [-0.2, -0.15) is 0 Å². The molecule has 2 aromatic rings. The summed E-state index contributed by atoms with van der Waals surface area (Å²) in [4.78, 5) is 76.0. The van der Waals surface area contributed by atoms with Crippen molar-refractivity contribution >= 4 is 82.3 Å². The molecule has 1 saturated carbocycles. The van der Waals surface area contributed by atoms with Crippen LogP contribution < -0.4 is 26.4 Å². The van der Waals surface area contributed by atoms with Crippen LogP contribution in [0.25, 0.3) is 10.8 Å². The number of unbranched alkanes of at least 4 members (excludes halogenated alkanes) is 1. The minimum Gasteiger partial charge on any atom is -0.538 e. The molecule has 0 saturated heterocycles. The Hall–Kier alpha value is -3.37. The summed E-state index contributed by atoms with van der Waals surface area (Å²) in [6.45, 7) is 2.64. The maximum atomic E-state index is 13.5. The molecule has 6 atom stereocenters. The summed E-state index contributed by atoms with van der Waals surface area (Å²) < 4.78 is 14.2. The molecule has 52 heavy (non-hydrogen) atoms. The number of hydrogen-bond donors (Lipinski definition) is 5. The van der Waals surface area contributed by atoms with E-state index < -0.39 is 42.1 Å². The Morgan fingerprint density at radius 1 is 0.827 bits per heavy atom. The SMILES string of the molecule is C[B]OC(=O)C(CCC(=O)OP)NC(=O)NC(CCCCNC(=O)C(Cc1ccc2ccccc2c1)NC(=O)C1CCC(CNP)CC1)C(=O)OP. The fraction of sp³-hybridized carbons (Fsp3) is 0.529. The largest absolute Gasteiger partial charge is 0.538 e.